The molecule has 1 aromatic carbocycles. The third-order valence-corrected chi connectivity index (χ3v) is 3.84. The maximum atomic E-state index is 11.9. The molecule has 0 saturated carbocycles. The molecule has 2 rings (SSSR count). The molecule has 1 aliphatic heterocycles. The van der Waals surface area contributed by atoms with Crippen LogP contribution in [0.25, 0.3) is 0 Å². The van der Waals surface area contributed by atoms with Gasteiger partial charge in [0.2, 0.25) is 11.8 Å². The summed E-state index contributed by atoms with van der Waals surface area (Å²) in [6, 6.07) is 7.49. The quantitative estimate of drug-likeness (QED) is 0.909. The molecule has 0 bridgehead atoms. The first kappa shape index (κ1) is 15.0. The summed E-state index contributed by atoms with van der Waals surface area (Å²) >= 11 is 3.36. The van der Waals surface area contributed by atoms with Gasteiger partial charge in [-0.25, -0.2) is 0 Å². The lowest BCUT2D eigenvalue weighted by atomic mass is 10.3. The Morgan fingerprint density at radius 1 is 1.15 bits per heavy atom. The SMILES string of the molecule is CC(=O)N1CCN(CC(=O)Nc2ccc(Br)cc2)CC1. The van der Waals surface area contributed by atoms with E-state index in [-0.39, 0.29) is 11.8 Å². The molecular weight excluding hydrogens is 322 g/mol. The van der Waals surface area contributed by atoms with Crippen LogP contribution >= 0.6 is 15.9 Å². The van der Waals surface area contributed by atoms with Gasteiger partial charge in [0, 0.05) is 43.3 Å². The second-order valence-electron chi connectivity index (χ2n) is 4.84. The average molecular weight is 340 g/mol. The molecule has 1 aromatic rings. The van der Waals surface area contributed by atoms with Crippen LogP contribution in [0, 0.1) is 0 Å². The van der Waals surface area contributed by atoms with Crippen molar-refractivity contribution in [3.05, 3.63) is 28.7 Å². The zero-order valence-corrected chi connectivity index (χ0v) is 13.0. The minimum absolute atomic E-state index is 0.0244. The summed E-state index contributed by atoms with van der Waals surface area (Å²) in [5.41, 5.74) is 0.792. The van der Waals surface area contributed by atoms with Gasteiger partial charge in [-0.2, -0.15) is 0 Å². The molecule has 0 aliphatic carbocycles. The molecule has 108 valence electrons. The number of halogens is 1. The molecule has 0 atom stereocenters. The van der Waals surface area contributed by atoms with E-state index in [2.05, 4.69) is 26.1 Å². The molecule has 1 fully saturated rings. The van der Waals surface area contributed by atoms with Gasteiger partial charge in [-0.15, -0.1) is 0 Å². The average Bonchev–Trinajstić information content (AvgIpc) is 2.42. The van der Waals surface area contributed by atoms with Crippen molar-refractivity contribution in [1.82, 2.24) is 9.80 Å². The summed E-state index contributed by atoms with van der Waals surface area (Å²) in [5, 5.41) is 2.87. The standard InChI is InChI=1S/C14H18BrN3O2/c1-11(19)18-8-6-17(7-9-18)10-14(20)16-13-4-2-12(15)3-5-13/h2-5H,6-10H2,1H3,(H,16,20). The fourth-order valence-corrected chi connectivity index (χ4v) is 2.42. The Kier molecular flexibility index (Phi) is 5.14. The molecule has 20 heavy (non-hydrogen) atoms. The zero-order valence-electron chi connectivity index (χ0n) is 11.4. The number of carbonyl (C=O) groups excluding carboxylic acids is 2. The molecule has 0 spiro atoms. The lowest BCUT2D eigenvalue weighted by molar-refractivity contribution is -0.130. The van der Waals surface area contributed by atoms with Crippen molar-refractivity contribution in [3.63, 3.8) is 0 Å². The van der Waals surface area contributed by atoms with E-state index in [1.165, 1.54) is 0 Å². The lowest BCUT2D eigenvalue weighted by Crippen LogP contribution is -2.49. The number of anilines is 1. The number of carbonyl (C=O) groups is 2. The Balaban J connectivity index is 1.78. The number of hydrogen-bond donors (Lipinski definition) is 1. The fraction of sp³-hybridized carbons (Fsp3) is 0.429. The predicted octanol–water partition coefficient (Wildman–Crippen LogP) is 1.55. The molecule has 1 aliphatic rings. The fourth-order valence-electron chi connectivity index (χ4n) is 2.16. The Morgan fingerprint density at radius 2 is 1.75 bits per heavy atom. The van der Waals surface area contributed by atoms with Crippen molar-refractivity contribution in [1.29, 1.82) is 0 Å². The first-order valence-electron chi connectivity index (χ1n) is 6.58. The molecule has 0 unspecified atom stereocenters. The second-order valence-corrected chi connectivity index (χ2v) is 5.75. The summed E-state index contributed by atoms with van der Waals surface area (Å²) in [4.78, 5) is 27.0. The van der Waals surface area contributed by atoms with Crippen molar-refractivity contribution in [3.8, 4) is 0 Å². The van der Waals surface area contributed by atoms with Crippen LogP contribution in [-0.4, -0.2) is 54.3 Å². The number of rotatable bonds is 3. The van der Waals surface area contributed by atoms with Crippen molar-refractivity contribution in [2.45, 2.75) is 6.92 Å². The van der Waals surface area contributed by atoms with Crippen LogP contribution < -0.4 is 5.32 Å². The molecule has 5 nitrogen and oxygen atoms in total. The largest absolute Gasteiger partial charge is 0.340 e. The Hall–Kier alpha value is -1.40. The molecular formula is C14H18BrN3O2. The van der Waals surface area contributed by atoms with Crippen molar-refractivity contribution >= 4 is 33.4 Å². The number of amides is 2. The van der Waals surface area contributed by atoms with Crippen molar-refractivity contribution < 1.29 is 9.59 Å². The third-order valence-electron chi connectivity index (χ3n) is 3.31. The minimum atomic E-state index is -0.0244. The number of nitrogens with zero attached hydrogens (tertiary/aromatic N) is 2. The van der Waals surface area contributed by atoms with Gasteiger partial charge in [-0.3, -0.25) is 14.5 Å². The van der Waals surface area contributed by atoms with Gasteiger partial charge in [0.05, 0.1) is 6.54 Å². The van der Waals surface area contributed by atoms with E-state index in [1.807, 2.05) is 29.2 Å². The normalized spacial score (nSPS) is 16.0. The van der Waals surface area contributed by atoms with E-state index in [9.17, 15) is 9.59 Å². The van der Waals surface area contributed by atoms with E-state index in [1.54, 1.807) is 6.92 Å². The summed E-state index contributed by atoms with van der Waals surface area (Å²) in [6.07, 6.45) is 0. The predicted molar refractivity (Wildman–Crippen MR) is 81.5 cm³/mol. The maximum Gasteiger partial charge on any atom is 0.238 e. The van der Waals surface area contributed by atoms with Gasteiger partial charge in [-0.1, -0.05) is 15.9 Å². The number of piperazine rings is 1. The van der Waals surface area contributed by atoms with E-state index >= 15 is 0 Å². The number of hydrogen-bond acceptors (Lipinski definition) is 3. The van der Waals surface area contributed by atoms with Crippen LogP contribution in [0.15, 0.2) is 28.7 Å². The molecule has 1 saturated heterocycles. The summed E-state index contributed by atoms with van der Waals surface area (Å²) in [5.74, 6) is 0.0764. The highest BCUT2D eigenvalue weighted by Gasteiger charge is 2.20. The smallest absolute Gasteiger partial charge is 0.238 e. The highest BCUT2D eigenvalue weighted by atomic mass is 79.9. The molecule has 1 heterocycles. The third kappa shape index (κ3) is 4.31. The van der Waals surface area contributed by atoms with Gasteiger partial charge in [0.25, 0.3) is 0 Å². The van der Waals surface area contributed by atoms with E-state index in [0.717, 1.165) is 23.2 Å². The Bertz CT molecular complexity index is 482. The van der Waals surface area contributed by atoms with Crippen LogP contribution in [0.2, 0.25) is 0 Å². The molecule has 6 heteroatoms. The van der Waals surface area contributed by atoms with Gasteiger partial charge < -0.3 is 10.2 Å². The van der Waals surface area contributed by atoms with Crippen LogP contribution in [-0.2, 0) is 9.59 Å². The highest BCUT2D eigenvalue weighted by molar-refractivity contribution is 9.10. The summed E-state index contributed by atoms with van der Waals surface area (Å²) in [7, 11) is 0. The first-order valence-corrected chi connectivity index (χ1v) is 7.37. The monoisotopic (exact) mass is 339 g/mol. The maximum absolute atomic E-state index is 11.9. The molecule has 0 radical (unpaired) electrons. The van der Waals surface area contributed by atoms with Crippen molar-refractivity contribution in [2.24, 2.45) is 0 Å². The number of benzene rings is 1. The molecule has 1 N–H and O–H groups in total. The van der Waals surface area contributed by atoms with Crippen LogP contribution in [0.3, 0.4) is 0 Å². The minimum Gasteiger partial charge on any atom is -0.340 e. The summed E-state index contributed by atoms with van der Waals surface area (Å²) in [6.45, 7) is 4.82. The van der Waals surface area contributed by atoms with E-state index in [0.29, 0.717) is 19.6 Å². The first-order chi connectivity index (χ1) is 9.54. The van der Waals surface area contributed by atoms with Crippen LogP contribution in [0.1, 0.15) is 6.92 Å². The molecule has 0 aromatic heterocycles. The lowest BCUT2D eigenvalue weighted by Gasteiger charge is -2.33. The van der Waals surface area contributed by atoms with Gasteiger partial charge in [0.1, 0.15) is 0 Å². The van der Waals surface area contributed by atoms with Gasteiger partial charge in [-0.05, 0) is 24.3 Å². The van der Waals surface area contributed by atoms with Crippen molar-refractivity contribution in [2.75, 3.05) is 38.0 Å². The van der Waals surface area contributed by atoms with E-state index in [4.69, 9.17) is 0 Å². The van der Waals surface area contributed by atoms with Crippen LogP contribution in [0.4, 0.5) is 5.69 Å². The topological polar surface area (TPSA) is 52.7 Å². The zero-order chi connectivity index (χ0) is 14.5. The van der Waals surface area contributed by atoms with E-state index < -0.39 is 0 Å². The summed E-state index contributed by atoms with van der Waals surface area (Å²) < 4.78 is 0.982. The van der Waals surface area contributed by atoms with Gasteiger partial charge in [0.15, 0.2) is 0 Å². The van der Waals surface area contributed by atoms with Crippen LogP contribution in [0.5, 0.6) is 0 Å². The highest BCUT2D eigenvalue weighted by Crippen LogP contribution is 2.14. The Labute approximate surface area is 127 Å². The molecule has 2 amide bonds. The second kappa shape index (κ2) is 6.85. The number of nitrogens with one attached hydrogen (secondary N) is 1. The Morgan fingerprint density at radius 3 is 2.30 bits per heavy atom. The van der Waals surface area contributed by atoms with Gasteiger partial charge >= 0.3 is 0 Å².